The monoisotopic (exact) mass is 534 g/mol. The number of aryl methyl sites for hydroxylation is 1. The third kappa shape index (κ3) is 6.68. The summed E-state index contributed by atoms with van der Waals surface area (Å²) in [6.45, 7) is 5.74. The SMILES string of the molecule is CC1(C)OC[C@@H](CCc2nn(C[C@H]3CC[C@H](COCC(=O)O)CC3)c(-c3ccccc3)c2Br)O1. The zero-order valence-electron chi connectivity index (χ0n) is 20.0. The minimum atomic E-state index is -0.905. The Balaban J connectivity index is 1.42. The van der Waals surface area contributed by atoms with E-state index < -0.39 is 11.8 Å². The zero-order chi connectivity index (χ0) is 24.1. The maximum atomic E-state index is 10.7. The van der Waals surface area contributed by atoms with Gasteiger partial charge < -0.3 is 19.3 Å². The number of halogens is 1. The predicted octanol–water partition coefficient (Wildman–Crippen LogP) is 5.30. The Morgan fingerprint density at radius 1 is 1.21 bits per heavy atom. The highest BCUT2D eigenvalue weighted by molar-refractivity contribution is 9.10. The highest BCUT2D eigenvalue weighted by atomic mass is 79.9. The van der Waals surface area contributed by atoms with E-state index in [0.29, 0.717) is 25.0 Å². The van der Waals surface area contributed by atoms with Crippen LogP contribution in [-0.4, -0.2) is 52.6 Å². The molecule has 1 saturated heterocycles. The predicted molar refractivity (Wildman–Crippen MR) is 132 cm³/mol. The number of hydrogen-bond donors (Lipinski definition) is 1. The Morgan fingerprint density at radius 3 is 2.56 bits per heavy atom. The molecule has 1 N–H and O–H groups in total. The molecule has 2 aromatic rings. The van der Waals surface area contributed by atoms with E-state index in [-0.39, 0.29) is 12.7 Å². The van der Waals surface area contributed by atoms with Gasteiger partial charge in [0.15, 0.2) is 5.79 Å². The average Bonchev–Trinajstić information content (AvgIpc) is 3.31. The third-order valence-corrected chi connectivity index (χ3v) is 7.59. The van der Waals surface area contributed by atoms with Crippen LogP contribution in [0.25, 0.3) is 11.3 Å². The summed E-state index contributed by atoms with van der Waals surface area (Å²) in [7, 11) is 0. The Hall–Kier alpha value is -1.74. The van der Waals surface area contributed by atoms with Gasteiger partial charge in [0.05, 0.1) is 35.2 Å². The van der Waals surface area contributed by atoms with Crippen molar-refractivity contribution in [2.75, 3.05) is 19.8 Å². The van der Waals surface area contributed by atoms with Crippen LogP contribution >= 0.6 is 15.9 Å². The van der Waals surface area contributed by atoms with Gasteiger partial charge in [-0.15, -0.1) is 0 Å². The lowest BCUT2D eigenvalue weighted by Gasteiger charge is -2.28. The van der Waals surface area contributed by atoms with Gasteiger partial charge in [0.1, 0.15) is 6.61 Å². The van der Waals surface area contributed by atoms with Gasteiger partial charge in [-0.05, 0) is 80.1 Å². The Bertz CT molecular complexity index is 954. The summed E-state index contributed by atoms with van der Waals surface area (Å²) in [5.74, 6) is -0.418. The summed E-state index contributed by atoms with van der Waals surface area (Å²) in [4.78, 5) is 10.7. The number of benzene rings is 1. The number of carboxylic acids is 1. The molecule has 1 aliphatic carbocycles. The van der Waals surface area contributed by atoms with Crippen LogP contribution in [0.2, 0.25) is 0 Å². The van der Waals surface area contributed by atoms with Crippen LogP contribution in [0.15, 0.2) is 34.8 Å². The van der Waals surface area contributed by atoms with Crippen LogP contribution < -0.4 is 0 Å². The highest BCUT2D eigenvalue weighted by Gasteiger charge is 2.33. The molecule has 7 nitrogen and oxygen atoms in total. The fourth-order valence-corrected chi connectivity index (χ4v) is 5.71. The summed E-state index contributed by atoms with van der Waals surface area (Å²) in [6, 6.07) is 10.4. The molecule has 1 saturated carbocycles. The van der Waals surface area contributed by atoms with E-state index in [2.05, 4.69) is 44.9 Å². The second-order valence-electron chi connectivity index (χ2n) is 9.94. The maximum absolute atomic E-state index is 10.7. The second-order valence-corrected chi connectivity index (χ2v) is 10.7. The lowest BCUT2D eigenvalue weighted by Crippen LogP contribution is -2.23. The molecule has 1 aromatic heterocycles. The molecule has 1 aromatic carbocycles. The van der Waals surface area contributed by atoms with Gasteiger partial charge in [-0.25, -0.2) is 4.79 Å². The van der Waals surface area contributed by atoms with Crippen LogP contribution in [0.1, 0.15) is 51.6 Å². The first-order valence-electron chi connectivity index (χ1n) is 12.2. The van der Waals surface area contributed by atoms with Crippen molar-refractivity contribution in [2.24, 2.45) is 11.8 Å². The number of nitrogens with zero attached hydrogens (tertiary/aromatic N) is 2. The largest absolute Gasteiger partial charge is 0.480 e. The van der Waals surface area contributed by atoms with Crippen molar-refractivity contribution in [1.29, 1.82) is 0 Å². The van der Waals surface area contributed by atoms with Crippen LogP contribution in [0.4, 0.5) is 0 Å². The summed E-state index contributed by atoms with van der Waals surface area (Å²) >= 11 is 3.87. The van der Waals surface area contributed by atoms with Gasteiger partial charge in [0, 0.05) is 12.1 Å². The van der Waals surface area contributed by atoms with E-state index in [1.165, 1.54) is 0 Å². The molecule has 0 unspecified atom stereocenters. The molecule has 0 amide bonds. The Kier molecular flexibility index (Phi) is 8.45. The van der Waals surface area contributed by atoms with Gasteiger partial charge in [0.2, 0.25) is 0 Å². The highest BCUT2D eigenvalue weighted by Crippen LogP contribution is 2.36. The van der Waals surface area contributed by atoms with E-state index >= 15 is 0 Å². The molecule has 0 bridgehead atoms. The minimum absolute atomic E-state index is 0.0887. The molecule has 2 fully saturated rings. The molecule has 0 radical (unpaired) electrons. The number of carboxylic acid groups (broad SMARTS) is 1. The lowest BCUT2D eigenvalue weighted by atomic mass is 9.82. The molecule has 34 heavy (non-hydrogen) atoms. The normalized spacial score (nSPS) is 24.4. The van der Waals surface area contributed by atoms with E-state index in [9.17, 15) is 4.79 Å². The van der Waals surface area contributed by atoms with Crippen molar-refractivity contribution in [3.63, 3.8) is 0 Å². The maximum Gasteiger partial charge on any atom is 0.329 e. The standard InChI is InChI=1S/C26H35BrN2O5/c1-26(2)33-16-21(34-26)12-13-22-24(27)25(20-6-4-3-5-7-20)29(28-22)14-18-8-10-19(11-9-18)15-32-17-23(30)31/h3-7,18-19,21H,8-17H2,1-2H3,(H,30,31)/t18-,19-,21-/m1/s1. The number of rotatable bonds is 10. The van der Waals surface area contributed by atoms with E-state index in [1.807, 2.05) is 19.9 Å². The number of ether oxygens (including phenoxy) is 3. The van der Waals surface area contributed by atoms with Gasteiger partial charge in [-0.3, -0.25) is 4.68 Å². The van der Waals surface area contributed by atoms with Gasteiger partial charge in [0.25, 0.3) is 0 Å². The van der Waals surface area contributed by atoms with Crippen molar-refractivity contribution in [3.8, 4) is 11.3 Å². The summed E-state index contributed by atoms with van der Waals surface area (Å²) < 4.78 is 20.3. The zero-order valence-corrected chi connectivity index (χ0v) is 21.6. The minimum Gasteiger partial charge on any atom is -0.480 e. The van der Waals surface area contributed by atoms with Crippen molar-refractivity contribution >= 4 is 21.9 Å². The molecule has 2 aliphatic rings. The molecule has 186 valence electrons. The van der Waals surface area contributed by atoms with E-state index in [4.69, 9.17) is 24.4 Å². The van der Waals surface area contributed by atoms with Crippen molar-refractivity contribution in [2.45, 2.75) is 70.8 Å². The van der Waals surface area contributed by atoms with Gasteiger partial charge in [-0.2, -0.15) is 5.10 Å². The van der Waals surface area contributed by atoms with Crippen LogP contribution in [0.3, 0.4) is 0 Å². The first kappa shape index (κ1) is 25.4. The molecule has 1 aliphatic heterocycles. The number of hydrogen-bond acceptors (Lipinski definition) is 5. The molecule has 0 spiro atoms. The first-order chi connectivity index (χ1) is 16.3. The fourth-order valence-electron chi connectivity index (χ4n) is 4.99. The number of carbonyl (C=O) groups is 1. The average molecular weight is 535 g/mol. The molecular formula is C26H35BrN2O5. The van der Waals surface area contributed by atoms with E-state index in [1.54, 1.807) is 0 Å². The molecule has 4 rings (SSSR count). The van der Waals surface area contributed by atoms with Crippen molar-refractivity contribution in [1.82, 2.24) is 9.78 Å². The van der Waals surface area contributed by atoms with Crippen molar-refractivity contribution < 1.29 is 24.1 Å². The lowest BCUT2D eigenvalue weighted by molar-refractivity contribution is -0.142. The van der Waals surface area contributed by atoms with Crippen molar-refractivity contribution in [3.05, 3.63) is 40.5 Å². The summed E-state index contributed by atoms with van der Waals surface area (Å²) in [5, 5.41) is 13.8. The Morgan fingerprint density at radius 2 is 1.91 bits per heavy atom. The number of aromatic nitrogens is 2. The molecule has 2 heterocycles. The third-order valence-electron chi connectivity index (χ3n) is 6.76. The summed E-state index contributed by atoms with van der Waals surface area (Å²) in [5.41, 5.74) is 3.35. The number of aliphatic carboxylic acids is 1. The molecule has 1 atom stereocenters. The fraction of sp³-hybridized carbons (Fsp3) is 0.615. The van der Waals surface area contributed by atoms with Crippen LogP contribution in [-0.2, 0) is 32.0 Å². The summed E-state index contributed by atoms with van der Waals surface area (Å²) in [6.07, 6.45) is 6.12. The van der Waals surface area contributed by atoms with E-state index in [0.717, 1.165) is 66.5 Å². The molecule has 8 heteroatoms. The first-order valence-corrected chi connectivity index (χ1v) is 13.0. The quantitative estimate of drug-likeness (QED) is 0.445. The van der Waals surface area contributed by atoms with Crippen LogP contribution in [0.5, 0.6) is 0 Å². The smallest absolute Gasteiger partial charge is 0.329 e. The van der Waals surface area contributed by atoms with Crippen LogP contribution in [0, 0.1) is 11.8 Å². The topological polar surface area (TPSA) is 82.8 Å². The second kappa shape index (κ2) is 11.3. The molecular weight excluding hydrogens is 500 g/mol. The Labute approximate surface area is 209 Å². The van der Waals surface area contributed by atoms with Gasteiger partial charge in [-0.1, -0.05) is 30.3 Å². The van der Waals surface area contributed by atoms with Gasteiger partial charge >= 0.3 is 5.97 Å².